The van der Waals surface area contributed by atoms with Gasteiger partial charge in [-0.25, -0.2) is 4.74 Å². The van der Waals surface area contributed by atoms with Gasteiger partial charge in [0, 0.05) is 12.7 Å². The maximum Gasteiger partial charge on any atom is 0.298 e. The average molecular weight is 269 g/mol. The minimum Gasteiger partial charge on any atom is -1.00 e. The Morgan fingerprint density at radius 1 is 1.36 bits per heavy atom. The van der Waals surface area contributed by atoms with E-state index in [-0.39, 0.29) is 12.4 Å². The molecule has 2 rings (SSSR count). The Bertz CT molecular complexity index is 436. The lowest BCUT2D eigenvalue weighted by Crippen LogP contribution is -3.00. The van der Waals surface area contributed by atoms with Crippen molar-refractivity contribution in [1.82, 2.24) is 0 Å². The fourth-order valence-corrected chi connectivity index (χ4v) is 3.58. The van der Waals surface area contributed by atoms with Crippen LogP contribution in [0.25, 0.3) is 0 Å². The molecule has 0 aliphatic carbocycles. The molecule has 0 saturated heterocycles. The maximum absolute atomic E-state index is 6.12. The van der Waals surface area contributed by atoms with E-state index in [4.69, 9.17) is 22.8 Å². The van der Waals surface area contributed by atoms with Crippen LogP contribution in [0.5, 0.6) is 0 Å². The number of hydrogen-bond acceptors (Lipinski definition) is 1. The Labute approximate surface area is 98.6 Å². The van der Waals surface area contributed by atoms with Crippen molar-refractivity contribution in [3.05, 3.63) is 29.8 Å². The highest BCUT2D eigenvalue weighted by molar-refractivity contribution is 7.87. The second-order valence-corrected chi connectivity index (χ2v) is 7.36. The Morgan fingerprint density at radius 2 is 2.00 bits per heavy atom. The van der Waals surface area contributed by atoms with Crippen molar-refractivity contribution in [1.29, 1.82) is 0 Å². The van der Waals surface area contributed by atoms with Crippen LogP contribution in [0, 0.1) is 0 Å². The molecular formula is C8H8Cl3N2P. The fraction of sp³-hybridized carbons (Fsp3) is 0.125. The zero-order chi connectivity index (χ0) is 9.47. The fourth-order valence-electron chi connectivity index (χ4n) is 1.22. The van der Waals surface area contributed by atoms with Gasteiger partial charge in [0.05, 0.1) is 5.56 Å². The molecule has 6 heteroatoms. The van der Waals surface area contributed by atoms with Crippen molar-refractivity contribution in [2.75, 3.05) is 6.66 Å². The van der Waals surface area contributed by atoms with Gasteiger partial charge in [0.25, 0.3) is 6.56 Å². The number of benzene rings is 1. The predicted molar refractivity (Wildman–Crippen MR) is 58.2 cm³/mol. The van der Waals surface area contributed by atoms with E-state index in [1.807, 2.05) is 30.9 Å². The summed E-state index contributed by atoms with van der Waals surface area (Å²) in [6.07, 6.45) is 0. The van der Waals surface area contributed by atoms with Gasteiger partial charge in [-0.05, 0) is 17.3 Å². The van der Waals surface area contributed by atoms with E-state index in [1.165, 1.54) is 0 Å². The lowest BCUT2D eigenvalue weighted by atomic mass is 10.2. The summed E-state index contributed by atoms with van der Waals surface area (Å²) in [7, 11) is 0. The molecule has 1 unspecified atom stereocenters. The van der Waals surface area contributed by atoms with Crippen LogP contribution in [-0.2, 0) is 0 Å². The number of fused-ring (bicyclic) bond motifs is 1. The molecule has 0 saturated carbocycles. The van der Waals surface area contributed by atoms with Crippen molar-refractivity contribution in [3.8, 4) is 0 Å². The van der Waals surface area contributed by atoms with Crippen molar-refractivity contribution < 1.29 is 17.2 Å². The number of para-hydroxylation sites is 1. The molecule has 0 radical (unpaired) electrons. The first-order valence-electron chi connectivity index (χ1n) is 3.78. The molecule has 1 N–H and O–H groups in total. The van der Waals surface area contributed by atoms with Gasteiger partial charge < -0.3 is 12.4 Å². The molecule has 1 aromatic carbocycles. The standard InChI is InChI=1S/C8H7Cl2N2P.ClH/c1-13(10)11-7-5-3-2-4-6(7)8(9)12-13;/h2-5H,1H3;1H. The molecule has 0 fully saturated rings. The van der Waals surface area contributed by atoms with Crippen molar-refractivity contribution in [3.63, 3.8) is 0 Å². The zero-order valence-electron chi connectivity index (χ0n) is 7.34. The minimum absolute atomic E-state index is 0. The van der Waals surface area contributed by atoms with E-state index in [9.17, 15) is 0 Å². The van der Waals surface area contributed by atoms with Gasteiger partial charge in [-0.15, -0.1) is 0 Å². The topological polar surface area (TPSA) is 26.3 Å². The summed E-state index contributed by atoms with van der Waals surface area (Å²) in [6, 6.07) is 7.74. The normalized spacial score (nSPS) is 24.1. The minimum atomic E-state index is -1.95. The second kappa shape index (κ2) is 4.24. The Kier molecular flexibility index (Phi) is 3.65. The Balaban J connectivity index is 0.000000980. The first-order chi connectivity index (χ1) is 6.08. The summed E-state index contributed by atoms with van der Waals surface area (Å²) in [5.74, 6) is 0. The molecule has 0 aromatic heterocycles. The number of nitrogens with one attached hydrogen (secondary N) is 1. The molecular weight excluding hydrogens is 261 g/mol. The SMILES string of the molecule is CP1(Cl)=[NH+]c2ccccc2C(Cl)=N1.[Cl-]. The van der Waals surface area contributed by atoms with Crippen molar-refractivity contribution in [2.45, 2.75) is 0 Å². The van der Waals surface area contributed by atoms with E-state index in [2.05, 4.69) is 9.51 Å². The summed E-state index contributed by atoms with van der Waals surface area (Å²) < 4.78 is 7.37. The largest absolute Gasteiger partial charge is 1.00 e. The summed E-state index contributed by atoms with van der Waals surface area (Å²) in [4.78, 5) is 0. The molecule has 1 heterocycles. The molecule has 14 heavy (non-hydrogen) atoms. The average Bonchev–Trinajstić information content (AvgIpc) is 2.02. The van der Waals surface area contributed by atoms with Gasteiger partial charge >= 0.3 is 0 Å². The van der Waals surface area contributed by atoms with Crippen LogP contribution in [0.3, 0.4) is 0 Å². The van der Waals surface area contributed by atoms with Crippen LogP contribution in [0.15, 0.2) is 29.0 Å². The van der Waals surface area contributed by atoms with Gasteiger partial charge in [-0.3, -0.25) is 0 Å². The highest BCUT2D eigenvalue weighted by Crippen LogP contribution is 2.48. The van der Waals surface area contributed by atoms with Gasteiger partial charge in [0.15, 0.2) is 0 Å². The smallest absolute Gasteiger partial charge is 0.298 e. The number of halogens is 3. The molecule has 0 amide bonds. The molecule has 1 atom stereocenters. The molecule has 0 spiro atoms. The molecule has 0 bridgehead atoms. The van der Waals surface area contributed by atoms with Crippen LogP contribution < -0.4 is 17.2 Å². The zero-order valence-corrected chi connectivity index (χ0v) is 10.5. The third-order valence-corrected chi connectivity index (χ3v) is 3.86. The first kappa shape index (κ1) is 12.1. The van der Waals surface area contributed by atoms with E-state index in [0.717, 1.165) is 11.3 Å². The summed E-state index contributed by atoms with van der Waals surface area (Å²) in [6.45, 7) is -0.0789. The summed E-state index contributed by atoms with van der Waals surface area (Å²) in [5, 5.41) is 0.500. The third-order valence-electron chi connectivity index (χ3n) is 1.75. The highest BCUT2D eigenvalue weighted by atomic mass is 35.7. The second-order valence-electron chi connectivity index (χ2n) is 2.90. The van der Waals surface area contributed by atoms with E-state index in [1.54, 1.807) is 0 Å². The lowest BCUT2D eigenvalue weighted by molar-refractivity contribution is -0.328. The first-order valence-corrected chi connectivity index (χ1v) is 7.25. The van der Waals surface area contributed by atoms with Crippen LogP contribution in [0.2, 0.25) is 0 Å². The van der Waals surface area contributed by atoms with Gasteiger partial charge in [-0.1, -0.05) is 23.7 Å². The molecule has 1 aliphatic heterocycles. The number of hydrogen-bond donors (Lipinski definition) is 1. The number of rotatable bonds is 0. The molecule has 1 aliphatic rings. The lowest BCUT2D eigenvalue weighted by Gasteiger charge is -2.08. The molecule has 2 nitrogen and oxygen atoms in total. The van der Waals surface area contributed by atoms with E-state index >= 15 is 0 Å². The monoisotopic (exact) mass is 268 g/mol. The van der Waals surface area contributed by atoms with Gasteiger partial charge in [0.2, 0.25) is 5.69 Å². The predicted octanol–water partition coefficient (Wildman–Crippen LogP) is -0.699. The van der Waals surface area contributed by atoms with Crippen LogP contribution >= 0.6 is 29.4 Å². The highest BCUT2D eigenvalue weighted by Gasteiger charge is 2.24. The quantitative estimate of drug-likeness (QED) is 0.603. The molecule has 1 aromatic rings. The Morgan fingerprint density at radius 3 is 2.71 bits per heavy atom. The van der Waals surface area contributed by atoms with Crippen molar-refractivity contribution in [2.24, 2.45) is 4.76 Å². The van der Waals surface area contributed by atoms with Crippen LogP contribution in [0.4, 0.5) is 5.69 Å². The van der Waals surface area contributed by atoms with Crippen LogP contribution in [-0.4, -0.2) is 11.8 Å². The van der Waals surface area contributed by atoms with Crippen LogP contribution in [0.1, 0.15) is 5.56 Å². The van der Waals surface area contributed by atoms with Gasteiger partial charge in [-0.2, -0.15) is 4.76 Å². The van der Waals surface area contributed by atoms with Crippen molar-refractivity contribution >= 4 is 40.3 Å². The summed E-state index contributed by atoms with van der Waals surface area (Å²) in [5.41, 5.74) is 1.88. The number of nitrogens with zero attached hydrogens (tertiary/aromatic N) is 1. The Hall–Kier alpha value is -0.0100. The van der Waals surface area contributed by atoms with Gasteiger partial charge in [0.1, 0.15) is 5.17 Å². The van der Waals surface area contributed by atoms with E-state index < -0.39 is 6.56 Å². The third kappa shape index (κ3) is 2.32. The maximum atomic E-state index is 6.12. The van der Waals surface area contributed by atoms with E-state index in [0.29, 0.717) is 5.17 Å². The molecule has 76 valence electrons. The summed E-state index contributed by atoms with van der Waals surface area (Å²) >= 11 is 12.1.